The Morgan fingerprint density at radius 1 is 1.07 bits per heavy atom. The molecule has 1 aliphatic carbocycles. The van der Waals surface area contributed by atoms with Crippen LogP contribution in [0.25, 0.3) is 6.08 Å². The highest BCUT2D eigenvalue weighted by atomic mass is 32.1. The monoisotopic (exact) mass is 379 g/mol. The number of isothiocyanates is 1. The zero-order valence-corrected chi connectivity index (χ0v) is 15.9. The summed E-state index contributed by atoms with van der Waals surface area (Å²) in [6.07, 6.45) is 7.88. The van der Waals surface area contributed by atoms with E-state index in [1.807, 2.05) is 18.2 Å². The van der Waals surface area contributed by atoms with Crippen LogP contribution >= 0.6 is 12.2 Å². The van der Waals surface area contributed by atoms with Crippen molar-refractivity contribution in [2.24, 2.45) is 4.99 Å². The maximum Gasteiger partial charge on any atom is 0.143 e. The minimum absolute atomic E-state index is 0.0880. The van der Waals surface area contributed by atoms with Crippen molar-refractivity contribution in [3.63, 3.8) is 0 Å². The number of benzene rings is 2. The number of aliphatic imine (C=N–C) groups is 1. The van der Waals surface area contributed by atoms with Crippen LogP contribution in [-0.2, 0) is 6.42 Å². The van der Waals surface area contributed by atoms with Gasteiger partial charge in [-0.1, -0.05) is 42.9 Å². The third kappa shape index (κ3) is 4.77. The van der Waals surface area contributed by atoms with Crippen LogP contribution in [0.15, 0.2) is 40.9 Å². The largest absolute Gasteiger partial charge is 0.205 e. The van der Waals surface area contributed by atoms with E-state index in [9.17, 15) is 8.78 Å². The minimum atomic E-state index is -0.757. The van der Waals surface area contributed by atoms with Gasteiger partial charge in [0.25, 0.3) is 0 Å². The first-order valence-corrected chi connectivity index (χ1v) is 9.43. The molecule has 1 nitrogen and oxygen atoms in total. The van der Waals surface area contributed by atoms with Gasteiger partial charge in [-0.3, -0.25) is 0 Å². The van der Waals surface area contributed by atoms with Crippen LogP contribution in [-0.4, -0.2) is 5.16 Å². The molecule has 0 radical (unpaired) electrons. The van der Waals surface area contributed by atoms with E-state index in [1.165, 1.54) is 29.5 Å². The van der Waals surface area contributed by atoms with Gasteiger partial charge < -0.3 is 0 Å². The first kappa shape index (κ1) is 19.2. The Morgan fingerprint density at radius 3 is 2.56 bits per heavy atom. The molecule has 0 saturated heterocycles. The summed E-state index contributed by atoms with van der Waals surface area (Å²) >= 11 is 4.45. The number of aryl methyl sites for hydroxylation is 1. The molecule has 0 N–H and O–H groups in total. The Bertz CT molecular complexity index is 982. The summed E-state index contributed by atoms with van der Waals surface area (Å²) in [6.45, 7) is 2.20. The number of nitrogens with zero attached hydrogens (tertiary/aromatic N) is 1. The fraction of sp³-hybridized carbons (Fsp3) is 0.261. The van der Waals surface area contributed by atoms with E-state index in [0.29, 0.717) is 0 Å². The predicted octanol–water partition coefficient (Wildman–Crippen LogP) is 6.62. The second-order valence-corrected chi connectivity index (χ2v) is 6.74. The maximum atomic E-state index is 14.1. The summed E-state index contributed by atoms with van der Waals surface area (Å²) < 4.78 is 28.2. The van der Waals surface area contributed by atoms with Crippen molar-refractivity contribution in [1.82, 2.24) is 0 Å². The Kier molecular flexibility index (Phi) is 6.29. The van der Waals surface area contributed by atoms with Gasteiger partial charge in [0.15, 0.2) is 0 Å². The molecule has 136 valence electrons. The van der Waals surface area contributed by atoms with Crippen molar-refractivity contribution in [2.75, 3.05) is 0 Å². The Hall–Kier alpha value is -2.60. The molecule has 0 aliphatic heterocycles. The van der Waals surface area contributed by atoms with Gasteiger partial charge in [-0.05, 0) is 61.2 Å². The molecule has 0 spiro atoms. The molecule has 0 fully saturated rings. The summed E-state index contributed by atoms with van der Waals surface area (Å²) in [5.41, 5.74) is 4.51. The predicted molar refractivity (Wildman–Crippen MR) is 109 cm³/mol. The minimum Gasteiger partial charge on any atom is -0.205 e. The lowest BCUT2D eigenvalue weighted by Crippen LogP contribution is -2.00. The van der Waals surface area contributed by atoms with Gasteiger partial charge >= 0.3 is 0 Å². The number of halogens is 2. The van der Waals surface area contributed by atoms with Gasteiger partial charge in [-0.15, -0.1) is 0 Å². The number of fused-ring (bicyclic) bond motifs is 1. The van der Waals surface area contributed by atoms with Gasteiger partial charge in [0.05, 0.1) is 16.4 Å². The van der Waals surface area contributed by atoms with Crippen molar-refractivity contribution in [1.29, 1.82) is 0 Å². The van der Waals surface area contributed by atoms with Crippen LogP contribution in [0.2, 0.25) is 0 Å². The maximum absolute atomic E-state index is 14.1. The lowest BCUT2D eigenvalue weighted by atomic mass is 9.89. The molecule has 0 aromatic heterocycles. The summed E-state index contributed by atoms with van der Waals surface area (Å²) in [5.74, 6) is 3.97. The lowest BCUT2D eigenvalue weighted by Gasteiger charge is -2.16. The Labute approximate surface area is 163 Å². The van der Waals surface area contributed by atoms with Crippen LogP contribution in [0.5, 0.6) is 0 Å². The van der Waals surface area contributed by atoms with Gasteiger partial charge in [0.2, 0.25) is 0 Å². The smallest absolute Gasteiger partial charge is 0.143 e. The first-order valence-electron chi connectivity index (χ1n) is 9.02. The molecule has 27 heavy (non-hydrogen) atoms. The number of hydrogen-bond donors (Lipinski definition) is 0. The Morgan fingerprint density at radius 2 is 1.85 bits per heavy atom. The molecular weight excluding hydrogens is 360 g/mol. The summed E-state index contributed by atoms with van der Waals surface area (Å²) in [5, 5.41) is 2.09. The molecule has 2 aromatic carbocycles. The van der Waals surface area contributed by atoms with Crippen LogP contribution in [0.1, 0.15) is 54.9 Å². The summed E-state index contributed by atoms with van der Waals surface area (Å²) in [7, 11) is 0. The van der Waals surface area contributed by atoms with Crippen LogP contribution < -0.4 is 0 Å². The standard InChI is InChI=1S/C23H19F2NS/c1-2-3-4-16-5-8-19-12-17(6-9-18(19)11-16)7-10-21-22(24)13-20(26-15-27)14-23(21)25/h6,9,11-14H,2-5,8H2,1H3. The van der Waals surface area contributed by atoms with E-state index in [4.69, 9.17) is 0 Å². The number of allylic oxidation sites excluding steroid dienone is 1. The lowest BCUT2D eigenvalue weighted by molar-refractivity contribution is 0.578. The van der Waals surface area contributed by atoms with Crippen molar-refractivity contribution in [2.45, 2.75) is 39.0 Å². The van der Waals surface area contributed by atoms with Crippen molar-refractivity contribution in [3.8, 4) is 11.8 Å². The van der Waals surface area contributed by atoms with E-state index in [-0.39, 0.29) is 11.3 Å². The molecule has 0 atom stereocenters. The van der Waals surface area contributed by atoms with E-state index in [0.717, 1.165) is 37.0 Å². The molecule has 0 bridgehead atoms. The number of rotatable bonds is 4. The quantitative estimate of drug-likeness (QED) is 0.330. The molecule has 4 heteroatoms. The molecule has 0 unspecified atom stereocenters. The van der Waals surface area contributed by atoms with Crippen molar-refractivity contribution in [3.05, 3.63) is 69.8 Å². The third-order valence-electron chi connectivity index (χ3n) is 4.60. The van der Waals surface area contributed by atoms with E-state index >= 15 is 0 Å². The first-order chi connectivity index (χ1) is 13.1. The summed E-state index contributed by atoms with van der Waals surface area (Å²) in [4.78, 5) is 3.59. The normalized spacial score (nSPS) is 12.3. The molecule has 0 heterocycles. The van der Waals surface area contributed by atoms with Gasteiger partial charge in [-0.25, -0.2) is 8.78 Å². The fourth-order valence-corrected chi connectivity index (χ4v) is 3.27. The van der Waals surface area contributed by atoms with Gasteiger partial charge in [-0.2, -0.15) is 4.99 Å². The second-order valence-electron chi connectivity index (χ2n) is 6.56. The topological polar surface area (TPSA) is 12.4 Å². The number of thiocarbonyl (C=S) groups is 1. The van der Waals surface area contributed by atoms with Crippen LogP contribution in [0.3, 0.4) is 0 Å². The molecule has 1 aliphatic rings. The molecule has 2 aromatic rings. The average Bonchev–Trinajstić information content (AvgIpc) is 2.65. The molecule has 0 saturated carbocycles. The van der Waals surface area contributed by atoms with E-state index in [1.54, 1.807) is 0 Å². The number of unbranched alkanes of at least 4 members (excludes halogenated alkanes) is 1. The van der Waals surface area contributed by atoms with Crippen molar-refractivity contribution < 1.29 is 8.78 Å². The van der Waals surface area contributed by atoms with Gasteiger partial charge in [0.1, 0.15) is 11.6 Å². The zero-order chi connectivity index (χ0) is 19.2. The van der Waals surface area contributed by atoms with Crippen LogP contribution in [0, 0.1) is 23.5 Å². The van der Waals surface area contributed by atoms with Gasteiger partial charge in [0, 0.05) is 17.7 Å². The summed E-state index contributed by atoms with van der Waals surface area (Å²) in [6, 6.07) is 8.14. The number of hydrogen-bond acceptors (Lipinski definition) is 2. The van der Waals surface area contributed by atoms with E-state index in [2.05, 4.69) is 47.2 Å². The highest BCUT2D eigenvalue weighted by Crippen LogP contribution is 2.27. The molecule has 3 rings (SSSR count). The molecule has 0 amide bonds. The fourth-order valence-electron chi connectivity index (χ4n) is 3.16. The average molecular weight is 379 g/mol. The Balaban J connectivity index is 1.85. The third-order valence-corrected chi connectivity index (χ3v) is 4.69. The van der Waals surface area contributed by atoms with Crippen molar-refractivity contribution >= 4 is 29.1 Å². The highest BCUT2D eigenvalue weighted by Gasteiger charge is 2.11. The second kappa shape index (κ2) is 8.86. The van der Waals surface area contributed by atoms with E-state index < -0.39 is 11.6 Å². The SMILES string of the molecule is CCCCC1=Cc2ccc(C#Cc3c(F)cc(N=C=S)cc3F)cc2CC1. The van der Waals surface area contributed by atoms with Crippen LogP contribution in [0.4, 0.5) is 14.5 Å². The highest BCUT2D eigenvalue weighted by molar-refractivity contribution is 7.78. The zero-order valence-electron chi connectivity index (χ0n) is 15.1. The molecular formula is C23H19F2NS.